The van der Waals surface area contributed by atoms with E-state index >= 15 is 0 Å². The van der Waals surface area contributed by atoms with Crippen molar-refractivity contribution in [2.24, 2.45) is 0 Å². The zero-order valence-electron chi connectivity index (χ0n) is 22.9. The summed E-state index contributed by atoms with van der Waals surface area (Å²) in [6, 6.07) is 15.4. The van der Waals surface area contributed by atoms with E-state index in [0.29, 0.717) is 43.7 Å². The first-order valence-corrected chi connectivity index (χ1v) is 14.0. The first-order valence-electron chi connectivity index (χ1n) is 14.0. The van der Waals surface area contributed by atoms with Crippen molar-refractivity contribution in [3.05, 3.63) is 54.1 Å². The summed E-state index contributed by atoms with van der Waals surface area (Å²) in [5.74, 6) is -2.02. The van der Waals surface area contributed by atoms with Gasteiger partial charge in [0.25, 0.3) is 0 Å². The van der Waals surface area contributed by atoms with Crippen molar-refractivity contribution >= 4 is 29.4 Å². The largest absolute Gasteiger partial charge is 0.481 e. The Bertz CT molecular complexity index is 1400. The van der Waals surface area contributed by atoms with Gasteiger partial charge < -0.3 is 20.4 Å². The molecule has 1 aromatic heterocycles. The lowest BCUT2D eigenvalue weighted by Crippen LogP contribution is -2.35. The van der Waals surface area contributed by atoms with Crippen molar-refractivity contribution < 1.29 is 29.4 Å². The van der Waals surface area contributed by atoms with E-state index in [1.807, 2.05) is 53.2 Å². The van der Waals surface area contributed by atoms with E-state index in [4.69, 9.17) is 10.2 Å². The van der Waals surface area contributed by atoms with Gasteiger partial charge in [-0.2, -0.15) is 0 Å². The van der Waals surface area contributed by atoms with Crippen LogP contribution in [-0.4, -0.2) is 55.5 Å². The molecule has 0 fully saturated rings. The Labute approximate surface area is 238 Å². The van der Waals surface area contributed by atoms with Gasteiger partial charge in [0.2, 0.25) is 11.8 Å². The Morgan fingerprint density at radius 3 is 2.20 bits per heavy atom. The van der Waals surface area contributed by atoms with Crippen LogP contribution in [0, 0.1) is 0 Å². The van der Waals surface area contributed by atoms with Gasteiger partial charge >= 0.3 is 11.9 Å². The van der Waals surface area contributed by atoms with Crippen LogP contribution < -0.4 is 10.2 Å². The maximum atomic E-state index is 13.5. The molecule has 3 N–H and O–H groups in total. The lowest BCUT2D eigenvalue weighted by molar-refractivity contribution is -0.138. The summed E-state index contributed by atoms with van der Waals surface area (Å²) in [6.45, 7) is 1.11. The summed E-state index contributed by atoms with van der Waals surface area (Å²) >= 11 is 0. The maximum Gasteiger partial charge on any atom is 0.303 e. The summed E-state index contributed by atoms with van der Waals surface area (Å²) in [5, 5.41) is 29.4. The quantitative estimate of drug-likeness (QED) is 0.247. The molecule has 2 heterocycles. The minimum absolute atomic E-state index is 0.0316. The molecule has 0 unspecified atom stereocenters. The van der Waals surface area contributed by atoms with Crippen LogP contribution in [0.4, 0.5) is 5.69 Å². The molecule has 0 saturated carbocycles. The summed E-state index contributed by atoms with van der Waals surface area (Å²) in [4.78, 5) is 48.9. The lowest BCUT2D eigenvalue weighted by Gasteiger charge is -2.28. The molecule has 3 aromatic rings. The maximum absolute atomic E-state index is 13.5. The van der Waals surface area contributed by atoms with E-state index < -0.39 is 11.9 Å². The Kier molecular flexibility index (Phi) is 10.2. The number of carboxylic acid groups (broad SMARTS) is 2. The van der Waals surface area contributed by atoms with E-state index in [-0.39, 0.29) is 44.0 Å². The Morgan fingerprint density at radius 2 is 1.44 bits per heavy atom. The molecule has 2 amide bonds. The smallest absolute Gasteiger partial charge is 0.303 e. The molecule has 11 nitrogen and oxygen atoms in total. The fraction of sp³-hybridized carbons (Fsp3) is 0.400. The van der Waals surface area contributed by atoms with Gasteiger partial charge in [-0.25, -0.2) is 4.68 Å². The van der Waals surface area contributed by atoms with Gasteiger partial charge in [-0.1, -0.05) is 54.1 Å². The van der Waals surface area contributed by atoms with E-state index in [1.165, 1.54) is 0 Å². The monoisotopic (exact) mass is 561 g/mol. The van der Waals surface area contributed by atoms with Crippen LogP contribution in [0.25, 0.3) is 22.5 Å². The minimum Gasteiger partial charge on any atom is -0.481 e. The van der Waals surface area contributed by atoms with Crippen LogP contribution in [0.3, 0.4) is 0 Å². The second kappa shape index (κ2) is 14.2. The van der Waals surface area contributed by atoms with Crippen molar-refractivity contribution in [1.29, 1.82) is 0 Å². The van der Waals surface area contributed by atoms with Gasteiger partial charge in [0.15, 0.2) is 0 Å². The number of hydrogen-bond acceptors (Lipinski definition) is 6. The van der Waals surface area contributed by atoms with Crippen molar-refractivity contribution in [1.82, 2.24) is 20.3 Å². The number of amides is 2. The third kappa shape index (κ3) is 7.77. The number of hydrogen-bond donors (Lipinski definition) is 3. The van der Waals surface area contributed by atoms with E-state index in [2.05, 4.69) is 15.6 Å². The SMILES string of the molecule is O=C(O)CCCCCn1nnc2c1-c1ccccc1CN(C(=O)CCNC(=O)CCCCC(=O)O)c1ccccc1-2. The molecule has 0 aliphatic carbocycles. The van der Waals surface area contributed by atoms with Crippen molar-refractivity contribution in [3.63, 3.8) is 0 Å². The van der Waals surface area contributed by atoms with Gasteiger partial charge in [-0.05, 0) is 37.3 Å². The van der Waals surface area contributed by atoms with Gasteiger partial charge in [0.05, 0.1) is 17.9 Å². The third-order valence-corrected chi connectivity index (χ3v) is 7.05. The molecule has 4 rings (SSSR count). The highest BCUT2D eigenvalue weighted by molar-refractivity contribution is 6.00. The number of nitrogens with one attached hydrogen (secondary N) is 1. The average molecular weight is 562 g/mol. The normalized spacial score (nSPS) is 12.0. The number of unbranched alkanes of at least 4 members (excludes halogenated alkanes) is 3. The van der Waals surface area contributed by atoms with E-state index in [0.717, 1.165) is 35.2 Å². The highest BCUT2D eigenvalue weighted by Crippen LogP contribution is 2.41. The number of para-hydroxylation sites is 1. The number of rotatable bonds is 14. The number of fused-ring (bicyclic) bond motifs is 5. The van der Waals surface area contributed by atoms with Crippen LogP contribution in [-0.2, 0) is 32.3 Å². The molecule has 1 aliphatic rings. The predicted octanol–water partition coefficient (Wildman–Crippen LogP) is 4.26. The molecule has 41 heavy (non-hydrogen) atoms. The number of aryl methyl sites for hydroxylation is 1. The first kappa shape index (κ1) is 29.4. The molecule has 0 atom stereocenters. The van der Waals surface area contributed by atoms with Gasteiger partial charge in [-0.3, -0.25) is 19.2 Å². The molecular formula is C30H35N5O6. The van der Waals surface area contributed by atoms with Crippen LogP contribution in [0.15, 0.2) is 48.5 Å². The second-order valence-corrected chi connectivity index (χ2v) is 10.1. The number of aliphatic carboxylic acids is 2. The van der Waals surface area contributed by atoms with Crippen molar-refractivity contribution in [3.8, 4) is 22.5 Å². The summed E-state index contributed by atoms with van der Waals surface area (Å²) in [6.07, 6.45) is 3.55. The van der Waals surface area contributed by atoms with Crippen LogP contribution in [0.2, 0.25) is 0 Å². The number of nitrogens with zero attached hydrogens (tertiary/aromatic N) is 4. The Morgan fingerprint density at radius 1 is 0.780 bits per heavy atom. The molecule has 11 heteroatoms. The zero-order chi connectivity index (χ0) is 29.2. The zero-order valence-corrected chi connectivity index (χ0v) is 22.9. The number of anilines is 1. The Hall–Kier alpha value is -4.54. The molecule has 0 radical (unpaired) electrons. The molecule has 0 saturated heterocycles. The number of aromatic nitrogens is 3. The van der Waals surface area contributed by atoms with Crippen LogP contribution in [0.5, 0.6) is 0 Å². The van der Waals surface area contributed by atoms with Gasteiger partial charge in [0.1, 0.15) is 5.69 Å². The number of carboxylic acids is 2. The predicted molar refractivity (Wildman–Crippen MR) is 152 cm³/mol. The molecule has 216 valence electrons. The van der Waals surface area contributed by atoms with Gasteiger partial charge in [0, 0.05) is 49.9 Å². The number of carbonyl (C=O) groups excluding carboxylic acids is 2. The molecule has 2 aromatic carbocycles. The lowest BCUT2D eigenvalue weighted by atomic mass is 9.95. The third-order valence-electron chi connectivity index (χ3n) is 7.05. The summed E-state index contributed by atoms with van der Waals surface area (Å²) in [7, 11) is 0. The molecule has 0 bridgehead atoms. The summed E-state index contributed by atoms with van der Waals surface area (Å²) < 4.78 is 1.87. The average Bonchev–Trinajstić information content (AvgIpc) is 3.36. The number of carbonyl (C=O) groups is 4. The molecule has 1 aliphatic heterocycles. The fourth-order valence-corrected chi connectivity index (χ4v) is 5.00. The molecule has 0 spiro atoms. The van der Waals surface area contributed by atoms with Gasteiger partial charge in [-0.15, -0.1) is 5.10 Å². The standard InChI is InChI=1S/C30H35N5O6/c36-25(14-7-8-16-28(40)41)31-18-17-26(37)34-20-21-10-3-4-11-22(21)30-29(23-12-5-6-13-24(23)34)32-33-35(30)19-9-1-2-15-27(38)39/h3-6,10-13H,1-2,7-9,14-20H2,(H,31,36)(H,38,39)(H,40,41). The van der Waals surface area contributed by atoms with E-state index in [9.17, 15) is 19.2 Å². The van der Waals surface area contributed by atoms with Crippen LogP contribution >= 0.6 is 0 Å². The van der Waals surface area contributed by atoms with E-state index in [1.54, 1.807) is 4.90 Å². The fourth-order valence-electron chi connectivity index (χ4n) is 5.00. The first-order chi connectivity index (χ1) is 19.8. The Balaban J connectivity index is 1.52. The summed E-state index contributed by atoms with van der Waals surface area (Å²) in [5.41, 5.74) is 4.90. The molecular weight excluding hydrogens is 526 g/mol. The highest BCUT2D eigenvalue weighted by Gasteiger charge is 2.28. The highest BCUT2D eigenvalue weighted by atomic mass is 16.4. The van der Waals surface area contributed by atoms with Crippen molar-refractivity contribution in [2.75, 3.05) is 11.4 Å². The number of benzene rings is 2. The van der Waals surface area contributed by atoms with Crippen LogP contribution in [0.1, 0.15) is 63.4 Å². The topological polar surface area (TPSA) is 155 Å². The van der Waals surface area contributed by atoms with Crippen molar-refractivity contribution in [2.45, 2.75) is 70.9 Å². The second-order valence-electron chi connectivity index (χ2n) is 10.1. The minimum atomic E-state index is -0.881.